The number of H-pyrrole nitrogens is 1. The highest BCUT2D eigenvalue weighted by Gasteiger charge is 2.39. The molecule has 38 heavy (non-hydrogen) atoms. The number of nitrogens with zero attached hydrogens (tertiary/aromatic N) is 2. The molecule has 5 rings (SSSR count). The minimum absolute atomic E-state index is 0.139. The van der Waals surface area contributed by atoms with Crippen molar-refractivity contribution in [3.63, 3.8) is 0 Å². The number of hydrogen-bond acceptors (Lipinski definition) is 7. The molecule has 10 nitrogen and oxygen atoms in total. The lowest BCUT2D eigenvalue weighted by Gasteiger charge is -2.39. The van der Waals surface area contributed by atoms with Crippen molar-refractivity contribution in [1.82, 2.24) is 19.5 Å². The van der Waals surface area contributed by atoms with Gasteiger partial charge in [0.2, 0.25) is 0 Å². The number of ether oxygens (including phenoxy) is 1. The molecule has 2 aliphatic heterocycles. The Morgan fingerprint density at radius 1 is 1.21 bits per heavy atom. The standard InChI is InChI=1S/C26H33N5O5S2/c1-2-3-4-5-12-30-13-14-31(38(34,35)23-7-6-15-37-23)22(17-30)36-26(33)28-18-8-9-21-20(16-18)19-10-11-27-25(32)24(19)29-21/h6-9,15-16,22,29H,2-5,10-14,17H2,1H3,(H,27,32)(H,28,33). The number of piperazine rings is 1. The first-order valence-corrected chi connectivity index (χ1v) is 15.4. The summed E-state index contributed by atoms with van der Waals surface area (Å²) >= 11 is 1.15. The second-order valence-electron chi connectivity index (χ2n) is 9.64. The Bertz CT molecular complexity index is 1400. The first kappa shape index (κ1) is 26.7. The zero-order valence-corrected chi connectivity index (χ0v) is 23.0. The molecule has 4 heterocycles. The molecule has 3 N–H and O–H groups in total. The lowest BCUT2D eigenvalue weighted by molar-refractivity contribution is -0.0166. The summed E-state index contributed by atoms with van der Waals surface area (Å²) in [4.78, 5) is 30.5. The summed E-state index contributed by atoms with van der Waals surface area (Å²) < 4.78 is 34.0. The zero-order chi connectivity index (χ0) is 26.7. The second kappa shape index (κ2) is 11.4. The van der Waals surface area contributed by atoms with Crippen molar-refractivity contribution in [3.8, 4) is 0 Å². The van der Waals surface area contributed by atoms with E-state index in [2.05, 4.69) is 27.4 Å². The minimum Gasteiger partial charge on any atom is -0.428 e. The maximum atomic E-state index is 13.4. The highest BCUT2D eigenvalue weighted by Crippen LogP contribution is 2.29. The van der Waals surface area contributed by atoms with Crippen molar-refractivity contribution in [2.24, 2.45) is 0 Å². The number of aromatic amines is 1. The first-order valence-electron chi connectivity index (χ1n) is 13.0. The van der Waals surface area contributed by atoms with Gasteiger partial charge in [-0.25, -0.2) is 13.2 Å². The maximum absolute atomic E-state index is 13.4. The normalized spacial score (nSPS) is 18.8. The Morgan fingerprint density at radius 3 is 2.87 bits per heavy atom. The van der Waals surface area contributed by atoms with Gasteiger partial charge in [-0.2, -0.15) is 4.31 Å². The molecule has 12 heteroatoms. The van der Waals surface area contributed by atoms with Crippen molar-refractivity contribution in [1.29, 1.82) is 0 Å². The number of thiophene rings is 1. The molecule has 0 radical (unpaired) electrons. The lowest BCUT2D eigenvalue weighted by Crippen LogP contribution is -2.56. The van der Waals surface area contributed by atoms with E-state index in [1.165, 1.54) is 4.31 Å². The summed E-state index contributed by atoms with van der Waals surface area (Å²) in [6.07, 6.45) is 3.45. The van der Waals surface area contributed by atoms with E-state index in [1.54, 1.807) is 23.6 Å². The minimum atomic E-state index is -3.80. The summed E-state index contributed by atoms with van der Waals surface area (Å²) in [6.45, 7) is 4.69. The van der Waals surface area contributed by atoms with Crippen LogP contribution in [-0.2, 0) is 21.2 Å². The highest BCUT2D eigenvalue weighted by molar-refractivity contribution is 7.91. The molecule has 0 bridgehead atoms. The number of carbonyl (C=O) groups is 2. The van der Waals surface area contributed by atoms with E-state index < -0.39 is 22.3 Å². The van der Waals surface area contributed by atoms with E-state index in [4.69, 9.17) is 4.74 Å². The van der Waals surface area contributed by atoms with Gasteiger partial charge in [0, 0.05) is 36.2 Å². The number of carbonyl (C=O) groups excluding carboxylic acids is 2. The zero-order valence-electron chi connectivity index (χ0n) is 21.4. The largest absolute Gasteiger partial charge is 0.428 e. The van der Waals surface area contributed by atoms with E-state index in [9.17, 15) is 18.0 Å². The van der Waals surface area contributed by atoms with Crippen LogP contribution in [0.5, 0.6) is 0 Å². The lowest BCUT2D eigenvalue weighted by atomic mass is 10.0. The molecule has 2 amide bonds. The van der Waals surface area contributed by atoms with Crippen molar-refractivity contribution in [2.75, 3.05) is 38.0 Å². The van der Waals surface area contributed by atoms with Gasteiger partial charge in [-0.3, -0.25) is 15.0 Å². The molecule has 2 aliphatic rings. The van der Waals surface area contributed by atoms with Crippen molar-refractivity contribution < 1.29 is 22.7 Å². The van der Waals surface area contributed by atoms with E-state index in [0.717, 1.165) is 60.0 Å². The molecule has 0 saturated carbocycles. The van der Waals surface area contributed by atoms with E-state index in [1.807, 2.05) is 12.1 Å². The Hall–Kier alpha value is -2.93. The Morgan fingerprint density at radius 2 is 2.08 bits per heavy atom. The molecule has 1 aromatic carbocycles. The summed E-state index contributed by atoms with van der Waals surface area (Å²) in [5.41, 5.74) is 2.78. The van der Waals surface area contributed by atoms with Gasteiger partial charge in [0.05, 0.1) is 6.54 Å². The van der Waals surface area contributed by atoms with Crippen molar-refractivity contribution in [3.05, 3.63) is 47.0 Å². The predicted molar refractivity (Wildman–Crippen MR) is 147 cm³/mol. The molecule has 1 fully saturated rings. The van der Waals surface area contributed by atoms with Crippen LogP contribution >= 0.6 is 11.3 Å². The summed E-state index contributed by atoms with van der Waals surface area (Å²) in [7, 11) is -3.80. The fourth-order valence-corrected chi connectivity index (χ4v) is 7.70. The van der Waals surface area contributed by atoms with Gasteiger partial charge in [0.1, 0.15) is 9.90 Å². The fraction of sp³-hybridized carbons (Fsp3) is 0.462. The quantitative estimate of drug-likeness (QED) is 0.341. The third-order valence-corrected chi connectivity index (χ3v) is 10.3. The number of amides is 2. The van der Waals surface area contributed by atoms with E-state index in [0.29, 0.717) is 37.4 Å². The van der Waals surface area contributed by atoms with Gasteiger partial charge in [-0.15, -0.1) is 11.3 Å². The van der Waals surface area contributed by atoms with Crippen molar-refractivity contribution in [2.45, 2.75) is 49.5 Å². The van der Waals surface area contributed by atoms with Crippen LogP contribution in [0.25, 0.3) is 10.9 Å². The first-order chi connectivity index (χ1) is 18.4. The molecule has 0 aliphatic carbocycles. The Balaban J connectivity index is 1.32. The van der Waals surface area contributed by atoms with E-state index in [-0.39, 0.29) is 16.7 Å². The van der Waals surface area contributed by atoms with Gasteiger partial charge < -0.3 is 15.0 Å². The number of unbranched alkanes of at least 4 members (excludes halogenated alkanes) is 3. The Kier molecular flexibility index (Phi) is 8.03. The number of aromatic nitrogens is 1. The van der Waals surface area contributed by atoms with Crippen LogP contribution in [0.1, 0.15) is 48.7 Å². The van der Waals surface area contributed by atoms with Gasteiger partial charge in [0.25, 0.3) is 15.9 Å². The predicted octanol–water partition coefficient (Wildman–Crippen LogP) is 3.98. The van der Waals surface area contributed by atoms with Crippen LogP contribution < -0.4 is 10.6 Å². The number of sulfonamides is 1. The van der Waals surface area contributed by atoms with Crippen LogP contribution in [0, 0.1) is 0 Å². The van der Waals surface area contributed by atoms with Crippen LogP contribution in [0.4, 0.5) is 10.5 Å². The molecule has 0 spiro atoms. The van der Waals surface area contributed by atoms with Crippen LogP contribution in [0.3, 0.4) is 0 Å². The number of anilines is 1. The number of fused-ring (bicyclic) bond motifs is 3. The topological polar surface area (TPSA) is 124 Å². The molecule has 1 unspecified atom stereocenters. The average Bonchev–Trinajstić information content (AvgIpc) is 3.56. The summed E-state index contributed by atoms with van der Waals surface area (Å²) in [6, 6.07) is 8.61. The highest BCUT2D eigenvalue weighted by atomic mass is 32.2. The van der Waals surface area contributed by atoms with Crippen molar-refractivity contribution >= 4 is 50.0 Å². The van der Waals surface area contributed by atoms with Crippen LogP contribution in [0.15, 0.2) is 39.9 Å². The molecule has 3 aromatic rings. The van der Waals surface area contributed by atoms with Gasteiger partial charge in [-0.1, -0.05) is 32.3 Å². The average molecular weight is 560 g/mol. The summed E-state index contributed by atoms with van der Waals surface area (Å²) in [5, 5.41) is 8.17. The monoisotopic (exact) mass is 559 g/mol. The van der Waals surface area contributed by atoms with Gasteiger partial charge >= 0.3 is 6.09 Å². The molecular formula is C26H33N5O5S2. The van der Waals surface area contributed by atoms with Gasteiger partial charge in [-0.05, 0) is 54.6 Å². The smallest absolute Gasteiger partial charge is 0.413 e. The second-order valence-corrected chi connectivity index (χ2v) is 12.7. The SMILES string of the molecule is CCCCCCN1CCN(S(=O)(=O)c2cccs2)C(OC(=O)Nc2ccc3[nH]c4c(c3c2)CCNC4=O)C1. The molecular weight excluding hydrogens is 526 g/mol. The molecule has 204 valence electrons. The number of nitrogens with one attached hydrogen (secondary N) is 3. The molecule has 2 aromatic heterocycles. The van der Waals surface area contributed by atoms with Gasteiger partial charge in [0.15, 0.2) is 6.23 Å². The number of rotatable bonds is 9. The molecule has 1 atom stereocenters. The fourth-order valence-electron chi connectivity index (χ4n) is 5.09. The number of hydrogen-bond donors (Lipinski definition) is 3. The molecule has 1 saturated heterocycles. The van der Waals surface area contributed by atoms with Crippen LogP contribution in [-0.4, -0.2) is 73.6 Å². The summed E-state index contributed by atoms with van der Waals surface area (Å²) in [5.74, 6) is -0.139. The number of benzene rings is 1. The van der Waals surface area contributed by atoms with E-state index >= 15 is 0 Å². The third-order valence-electron chi connectivity index (χ3n) is 7.04. The maximum Gasteiger partial charge on any atom is 0.413 e. The Labute approximate surface area is 226 Å². The van der Waals surface area contributed by atoms with Crippen LogP contribution in [0.2, 0.25) is 0 Å². The third kappa shape index (κ3) is 5.58.